The van der Waals surface area contributed by atoms with E-state index in [0.29, 0.717) is 17.8 Å². The zero-order valence-corrected chi connectivity index (χ0v) is 10.1. The first-order valence-electron chi connectivity index (χ1n) is 4.74. The van der Waals surface area contributed by atoms with E-state index in [1.165, 1.54) is 10.9 Å². The molecular weight excluding hydrogens is 248 g/mol. The first-order valence-corrected chi connectivity index (χ1v) is 6.97. The molecule has 1 aromatic rings. The zero-order valence-electron chi connectivity index (χ0n) is 8.46. The van der Waals surface area contributed by atoms with Gasteiger partial charge in [-0.3, -0.25) is 0 Å². The second-order valence-electron chi connectivity index (χ2n) is 3.81. The molecule has 0 aliphatic carbocycles. The highest BCUT2D eigenvalue weighted by atomic mass is 32.2. The lowest BCUT2D eigenvalue weighted by atomic mass is 10.2. The van der Waals surface area contributed by atoms with Crippen LogP contribution in [0.4, 0.5) is 5.82 Å². The standard InChI is InChI=1S/C8H12N4O2S2/c9-7-6(8(10)15)3-11-12(7)5-1-2-16(13,14)4-5/h3,5H,1-2,4,9H2,(H2,10,15)/t5-/m0/s1. The number of aromatic nitrogens is 2. The van der Waals surface area contributed by atoms with Crippen molar-refractivity contribution in [2.45, 2.75) is 12.5 Å². The third-order valence-corrected chi connectivity index (χ3v) is 4.62. The van der Waals surface area contributed by atoms with Gasteiger partial charge in [-0.1, -0.05) is 12.2 Å². The number of nitrogen functional groups attached to an aromatic ring is 1. The van der Waals surface area contributed by atoms with Gasteiger partial charge >= 0.3 is 0 Å². The molecule has 1 aliphatic heterocycles. The van der Waals surface area contributed by atoms with Gasteiger partial charge in [0.15, 0.2) is 9.84 Å². The summed E-state index contributed by atoms with van der Waals surface area (Å²) in [7, 11) is -2.95. The predicted octanol–water partition coefficient (Wildman–Crippen LogP) is -0.541. The average Bonchev–Trinajstić information content (AvgIpc) is 2.69. The van der Waals surface area contributed by atoms with E-state index >= 15 is 0 Å². The molecule has 4 N–H and O–H groups in total. The van der Waals surface area contributed by atoms with E-state index in [1.807, 2.05) is 0 Å². The van der Waals surface area contributed by atoms with Crippen molar-refractivity contribution in [3.63, 3.8) is 0 Å². The number of nitrogens with zero attached hydrogens (tertiary/aromatic N) is 2. The van der Waals surface area contributed by atoms with E-state index < -0.39 is 9.84 Å². The fraction of sp³-hybridized carbons (Fsp3) is 0.500. The molecule has 0 unspecified atom stereocenters. The van der Waals surface area contributed by atoms with Crippen LogP contribution in [0.1, 0.15) is 18.0 Å². The maximum atomic E-state index is 11.3. The molecule has 0 amide bonds. The van der Waals surface area contributed by atoms with Crippen LogP contribution in [0.25, 0.3) is 0 Å². The van der Waals surface area contributed by atoms with E-state index in [4.69, 9.17) is 23.7 Å². The smallest absolute Gasteiger partial charge is 0.152 e. The monoisotopic (exact) mass is 260 g/mol. The predicted molar refractivity (Wildman–Crippen MR) is 64.8 cm³/mol. The Bertz CT molecular complexity index is 534. The van der Waals surface area contributed by atoms with Crippen molar-refractivity contribution in [1.82, 2.24) is 9.78 Å². The summed E-state index contributed by atoms with van der Waals surface area (Å²) in [6.45, 7) is 0. The maximum Gasteiger partial charge on any atom is 0.152 e. The van der Waals surface area contributed by atoms with Crippen molar-refractivity contribution in [3.8, 4) is 0 Å². The van der Waals surface area contributed by atoms with Gasteiger partial charge in [-0.2, -0.15) is 5.10 Å². The molecule has 0 spiro atoms. The van der Waals surface area contributed by atoms with E-state index in [0.717, 1.165) is 0 Å². The molecule has 0 bridgehead atoms. The van der Waals surface area contributed by atoms with Crippen LogP contribution in [0.15, 0.2) is 6.20 Å². The van der Waals surface area contributed by atoms with Crippen molar-refractivity contribution in [1.29, 1.82) is 0 Å². The molecule has 0 aromatic carbocycles. The van der Waals surface area contributed by atoms with Crippen LogP contribution in [-0.4, -0.2) is 34.7 Å². The number of rotatable bonds is 2. The molecule has 0 radical (unpaired) electrons. The molecular formula is C8H12N4O2S2. The average molecular weight is 260 g/mol. The summed E-state index contributed by atoms with van der Waals surface area (Å²) in [5.41, 5.74) is 11.8. The van der Waals surface area contributed by atoms with E-state index in [-0.39, 0.29) is 22.5 Å². The number of sulfone groups is 1. The molecule has 2 heterocycles. The molecule has 16 heavy (non-hydrogen) atoms. The van der Waals surface area contributed by atoms with Gasteiger partial charge in [-0.25, -0.2) is 13.1 Å². The fourth-order valence-electron chi connectivity index (χ4n) is 1.82. The van der Waals surface area contributed by atoms with Crippen molar-refractivity contribution in [2.24, 2.45) is 5.73 Å². The molecule has 0 saturated carbocycles. The van der Waals surface area contributed by atoms with Gasteiger partial charge in [0, 0.05) is 0 Å². The number of thiocarbonyl (C=S) groups is 1. The Morgan fingerprint density at radius 2 is 2.31 bits per heavy atom. The third kappa shape index (κ3) is 1.90. The molecule has 1 atom stereocenters. The quantitative estimate of drug-likeness (QED) is 0.692. The van der Waals surface area contributed by atoms with Crippen LogP contribution >= 0.6 is 12.2 Å². The summed E-state index contributed by atoms with van der Waals surface area (Å²) in [6, 6.07) is -0.201. The molecule has 8 heteroatoms. The van der Waals surface area contributed by atoms with Gasteiger partial charge in [0.25, 0.3) is 0 Å². The number of nitrogens with two attached hydrogens (primary N) is 2. The van der Waals surface area contributed by atoms with Crippen LogP contribution in [0.3, 0.4) is 0 Å². The van der Waals surface area contributed by atoms with Gasteiger partial charge in [0.2, 0.25) is 0 Å². The summed E-state index contributed by atoms with van der Waals surface area (Å²) in [6.07, 6.45) is 2.01. The van der Waals surface area contributed by atoms with E-state index in [1.54, 1.807) is 0 Å². The molecule has 1 fully saturated rings. The fourth-order valence-corrected chi connectivity index (χ4v) is 3.67. The van der Waals surface area contributed by atoms with E-state index in [9.17, 15) is 8.42 Å². The minimum Gasteiger partial charge on any atom is -0.389 e. The van der Waals surface area contributed by atoms with Gasteiger partial charge in [0.1, 0.15) is 10.8 Å². The second kappa shape index (κ2) is 3.70. The Kier molecular flexibility index (Phi) is 2.62. The summed E-state index contributed by atoms with van der Waals surface area (Å²) in [4.78, 5) is 0.171. The summed E-state index contributed by atoms with van der Waals surface area (Å²) >= 11 is 4.81. The number of hydrogen-bond donors (Lipinski definition) is 2. The summed E-state index contributed by atoms with van der Waals surface area (Å²) in [5, 5.41) is 4.04. The van der Waals surface area contributed by atoms with Crippen LogP contribution in [0, 0.1) is 0 Å². The highest BCUT2D eigenvalue weighted by molar-refractivity contribution is 7.91. The Hall–Kier alpha value is -1.15. The minimum absolute atomic E-state index is 0.0790. The van der Waals surface area contributed by atoms with Crippen molar-refractivity contribution < 1.29 is 8.42 Å². The lowest BCUT2D eigenvalue weighted by Gasteiger charge is -2.10. The SMILES string of the molecule is NC(=S)c1cnn([C@H]2CCS(=O)(=O)C2)c1N. The molecule has 2 rings (SSSR count). The van der Waals surface area contributed by atoms with Crippen LogP contribution in [-0.2, 0) is 9.84 Å². The Labute approximate surface area is 98.5 Å². The third-order valence-electron chi connectivity index (χ3n) is 2.65. The van der Waals surface area contributed by atoms with Crippen LogP contribution in [0.5, 0.6) is 0 Å². The topological polar surface area (TPSA) is 104 Å². The lowest BCUT2D eigenvalue weighted by molar-refractivity contribution is 0.507. The van der Waals surface area contributed by atoms with Crippen molar-refractivity contribution in [2.75, 3.05) is 17.2 Å². The summed E-state index contributed by atoms with van der Waals surface area (Å²) in [5.74, 6) is 0.601. The van der Waals surface area contributed by atoms with Gasteiger partial charge < -0.3 is 11.5 Å². The van der Waals surface area contributed by atoms with Gasteiger partial charge in [-0.05, 0) is 6.42 Å². The second-order valence-corrected chi connectivity index (χ2v) is 6.48. The zero-order chi connectivity index (χ0) is 11.9. The number of hydrogen-bond acceptors (Lipinski definition) is 5. The first kappa shape index (κ1) is 11.3. The van der Waals surface area contributed by atoms with Gasteiger partial charge in [-0.15, -0.1) is 0 Å². The van der Waals surface area contributed by atoms with Crippen molar-refractivity contribution in [3.05, 3.63) is 11.8 Å². The molecule has 88 valence electrons. The Balaban J connectivity index is 2.33. The van der Waals surface area contributed by atoms with Gasteiger partial charge in [0.05, 0.1) is 29.3 Å². The molecule has 1 aliphatic rings. The number of anilines is 1. The summed E-state index contributed by atoms with van der Waals surface area (Å²) < 4.78 is 24.2. The maximum absolute atomic E-state index is 11.3. The first-order chi connectivity index (χ1) is 7.41. The Morgan fingerprint density at radius 3 is 2.75 bits per heavy atom. The molecule has 6 nitrogen and oxygen atoms in total. The van der Waals surface area contributed by atoms with Crippen LogP contribution in [0.2, 0.25) is 0 Å². The van der Waals surface area contributed by atoms with Crippen LogP contribution < -0.4 is 11.5 Å². The normalized spacial score (nSPS) is 23.4. The minimum atomic E-state index is -2.95. The van der Waals surface area contributed by atoms with E-state index in [2.05, 4.69) is 5.10 Å². The molecule has 1 aromatic heterocycles. The highest BCUT2D eigenvalue weighted by Crippen LogP contribution is 2.26. The largest absolute Gasteiger partial charge is 0.389 e. The Morgan fingerprint density at radius 1 is 1.62 bits per heavy atom. The highest BCUT2D eigenvalue weighted by Gasteiger charge is 2.31. The lowest BCUT2D eigenvalue weighted by Crippen LogP contribution is -2.17. The van der Waals surface area contributed by atoms with Crippen molar-refractivity contribution >= 4 is 32.9 Å². The molecule has 1 saturated heterocycles.